The van der Waals surface area contributed by atoms with E-state index in [1.165, 1.54) is 0 Å². The van der Waals surface area contributed by atoms with Crippen molar-refractivity contribution in [3.8, 4) is 11.5 Å². The highest BCUT2D eigenvalue weighted by atomic mass is 16.7. The molecular weight excluding hydrogens is 362 g/mol. The quantitative estimate of drug-likeness (QED) is 0.859. The number of ether oxygens (including phenoxy) is 2. The fourth-order valence-corrected chi connectivity index (χ4v) is 3.25. The topological polar surface area (TPSA) is 96.9 Å². The second-order valence-corrected chi connectivity index (χ2v) is 6.68. The van der Waals surface area contributed by atoms with E-state index in [0.29, 0.717) is 55.0 Å². The van der Waals surface area contributed by atoms with Gasteiger partial charge >= 0.3 is 0 Å². The van der Waals surface area contributed by atoms with Gasteiger partial charge in [0.15, 0.2) is 11.5 Å². The summed E-state index contributed by atoms with van der Waals surface area (Å²) in [4.78, 5) is 36.4. The lowest BCUT2D eigenvalue weighted by molar-refractivity contribution is -0.130. The van der Waals surface area contributed by atoms with Crippen LogP contribution in [0.25, 0.3) is 0 Å². The van der Waals surface area contributed by atoms with Crippen LogP contribution in [0.2, 0.25) is 0 Å². The van der Waals surface area contributed by atoms with Gasteiger partial charge < -0.3 is 24.6 Å². The molecule has 9 nitrogen and oxygen atoms in total. The molecule has 4 rings (SSSR count). The number of nitrogens with one attached hydrogen (secondary N) is 1. The van der Waals surface area contributed by atoms with Gasteiger partial charge in [-0.3, -0.25) is 9.59 Å². The summed E-state index contributed by atoms with van der Waals surface area (Å²) in [6.07, 6.45) is 0. The molecule has 0 atom stereocenters. The number of fused-ring (bicyclic) bond motifs is 1. The summed E-state index contributed by atoms with van der Waals surface area (Å²) in [5.41, 5.74) is 1.10. The molecule has 1 fully saturated rings. The van der Waals surface area contributed by atoms with Crippen LogP contribution in [0.1, 0.15) is 23.2 Å². The molecule has 1 saturated heterocycles. The molecule has 2 aliphatic rings. The van der Waals surface area contributed by atoms with Gasteiger partial charge in [0.2, 0.25) is 12.7 Å². The van der Waals surface area contributed by atoms with Gasteiger partial charge in [-0.05, 0) is 19.1 Å². The predicted octanol–water partition coefficient (Wildman–Crippen LogP) is 1.56. The lowest BCUT2D eigenvalue weighted by Crippen LogP contribution is -2.50. The van der Waals surface area contributed by atoms with Crippen molar-refractivity contribution in [1.82, 2.24) is 19.8 Å². The van der Waals surface area contributed by atoms with E-state index in [1.807, 2.05) is 18.2 Å². The third-order valence-corrected chi connectivity index (χ3v) is 4.71. The van der Waals surface area contributed by atoms with Gasteiger partial charge in [-0.15, -0.1) is 0 Å². The van der Waals surface area contributed by atoms with Crippen molar-refractivity contribution in [2.75, 3.05) is 38.3 Å². The Bertz CT molecular complexity index is 925. The highest BCUT2D eigenvalue weighted by molar-refractivity contribution is 5.93. The number of piperazine rings is 1. The van der Waals surface area contributed by atoms with Crippen molar-refractivity contribution in [2.24, 2.45) is 0 Å². The number of aryl methyl sites for hydroxylation is 1. The van der Waals surface area contributed by atoms with Crippen LogP contribution < -0.4 is 14.8 Å². The van der Waals surface area contributed by atoms with E-state index in [-0.39, 0.29) is 18.6 Å². The van der Waals surface area contributed by atoms with Crippen LogP contribution in [-0.2, 0) is 4.79 Å². The summed E-state index contributed by atoms with van der Waals surface area (Å²) >= 11 is 0. The average molecular weight is 383 g/mol. The van der Waals surface area contributed by atoms with E-state index >= 15 is 0 Å². The van der Waals surface area contributed by atoms with Crippen LogP contribution in [0.3, 0.4) is 0 Å². The smallest absolute Gasteiger partial charge is 0.272 e. The van der Waals surface area contributed by atoms with E-state index in [2.05, 4.69) is 15.3 Å². The maximum atomic E-state index is 12.9. The van der Waals surface area contributed by atoms with E-state index in [4.69, 9.17) is 9.47 Å². The van der Waals surface area contributed by atoms with Crippen LogP contribution in [0.5, 0.6) is 11.5 Å². The Hall–Kier alpha value is -3.36. The number of rotatable bonds is 3. The summed E-state index contributed by atoms with van der Waals surface area (Å²) in [6, 6.07) is 7.13. The standard InChI is InChI=1S/C19H21N5O4/c1-12-20-15(19(26)24-7-5-23(6-8-24)13(2)25)10-18(21-12)22-14-3-4-16-17(9-14)28-11-27-16/h3-4,9-10H,5-8,11H2,1-2H3,(H,20,21,22). The maximum absolute atomic E-state index is 12.9. The average Bonchev–Trinajstić information content (AvgIpc) is 3.15. The van der Waals surface area contributed by atoms with Crippen LogP contribution in [-0.4, -0.2) is 64.6 Å². The van der Waals surface area contributed by atoms with Gasteiger partial charge in [0.1, 0.15) is 17.3 Å². The van der Waals surface area contributed by atoms with Gasteiger partial charge in [0.05, 0.1) is 0 Å². The molecule has 2 aromatic rings. The zero-order valence-electron chi connectivity index (χ0n) is 15.8. The minimum absolute atomic E-state index is 0.0280. The first kappa shape index (κ1) is 18.0. The van der Waals surface area contributed by atoms with Crippen molar-refractivity contribution < 1.29 is 19.1 Å². The normalized spacial score (nSPS) is 15.5. The van der Waals surface area contributed by atoms with E-state index in [0.717, 1.165) is 5.69 Å². The largest absolute Gasteiger partial charge is 0.454 e. The number of hydrogen-bond donors (Lipinski definition) is 1. The van der Waals surface area contributed by atoms with Gasteiger partial charge in [-0.1, -0.05) is 0 Å². The van der Waals surface area contributed by atoms with Crippen LogP contribution in [0.15, 0.2) is 24.3 Å². The highest BCUT2D eigenvalue weighted by Gasteiger charge is 2.24. The number of nitrogens with zero attached hydrogens (tertiary/aromatic N) is 4. The molecule has 0 unspecified atom stereocenters. The Balaban J connectivity index is 1.49. The number of hydrogen-bond acceptors (Lipinski definition) is 7. The summed E-state index contributed by atoms with van der Waals surface area (Å²) in [5, 5.41) is 3.18. The molecule has 146 valence electrons. The molecule has 1 aromatic carbocycles. The predicted molar refractivity (Wildman–Crippen MR) is 101 cm³/mol. The van der Waals surface area contributed by atoms with Gasteiger partial charge in [-0.2, -0.15) is 0 Å². The van der Waals surface area contributed by atoms with E-state index in [9.17, 15) is 9.59 Å². The molecule has 2 aliphatic heterocycles. The number of anilines is 2. The first-order valence-electron chi connectivity index (χ1n) is 9.07. The highest BCUT2D eigenvalue weighted by Crippen LogP contribution is 2.35. The first-order chi connectivity index (χ1) is 13.5. The summed E-state index contributed by atoms with van der Waals surface area (Å²) in [7, 11) is 0. The second kappa shape index (κ2) is 7.34. The third-order valence-electron chi connectivity index (χ3n) is 4.71. The second-order valence-electron chi connectivity index (χ2n) is 6.68. The van der Waals surface area contributed by atoms with E-state index in [1.54, 1.807) is 29.7 Å². The van der Waals surface area contributed by atoms with Crippen molar-refractivity contribution in [2.45, 2.75) is 13.8 Å². The Morgan fingerprint density at radius 3 is 2.46 bits per heavy atom. The molecule has 28 heavy (non-hydrogen) atoms. The Morgan fingerprint density at radius 1 is 1.00 bits per heavy atom. The first-order valence-corrected chi connectivity index (χ1v) is 9.07. The molecule has 0 bridgehead atoms. The molecule has 3 heterocycles. The number of carbonyl (C=O) groups is 2. The summed E-state index contributed by atoms with van der Waals surface area (Å²) < 4.78 is 10.7. The zero-order valence-corrected chi connectivity index (χ0v) is 15.8. The zero-order chi connectivity index (χ0) is 19.7. The molecule has 1 N–H and O–H groups in total. The number of benzene rings is 1. The molecular formula is C19H21N5O4. The monoisotopic (exact) mass is 383 g/mol. The third kappa shape index (κ3) is 3.68. The minimum Gasteiger partial charge on any atom is -0.454 e. The van der Waals surface area contributed by atoms with Gasteiger partial charge in [-0.25, -0.2) is 9.97 Å². The molecule has 0 spiro atoms. The summed E-state index contributed by atoms with van der Waals surface area (Å²) in [5.74, 6) is 2.25. The fraction of sp³-hybridized carbons (Fsp3) is 0.368. The van der Waals surface area contributed by atoms with Crippen molar-refractivity contribution in [1.29, 1.82) is 0 Å². The molecule has 9 heteroatoms. The van der Waals surface area contributed by atoms with Crippen LogP contribution in [0.4, 0.5) is 11.5 Å². The lowest BCUT2D eigenvalue weighted by atomic mass is 10.2. The molecule has 0 radical (unpaired) electrons. The minimum atomic E-state index is -0.164. The van der Waals surface area contributed by atoms with Crippen molar-refractivity contribution >= 4 is 23.3 Å². The molecule has 1 aromatic heterocycles. The lowest BCUT2D eigenvalue weighted by Gasteiger charge is -2.34. The number of aromatic nitrogens is 2. The van der Waals surface area contributed by atoms with Gasteiger partial charge in [0, 0.05) is 50.9 Å². The Morgan fingerprint density at radius 2 is 1.71 bits per heavy atom. The van der Waals surface area contributed by atoms with E-state index < -0.39 is 0 Å². The Labute approximate surface area is 162 Å². The molecule has 0 aliphatic carbocycles. The van der Waals surface area contributed by atoms with Crippen molar-refractivity contribution in [3.63, 3.8) is 0 Å². The van der Waals surface area contributed by atoms with Crippen LogP contribution >= 0.6 is 0 Å². The van der Waals surface area contributed by atoms with Crippen LogP contribution in [0, 0.1) is 6.92 Å². The number of carbonyl (C=O) groups excluding carboxylic acids is 2. The summed E-state index contributed by atoms with van der Waals surface area (Å²) in [6.45, 7) is 5.55. The maximum Gasteiger partial charge on any atom is 0.272 e. The fourth-order valence-electron chi connectivity index (χ4n) is 3.25. The van der Waals surface area contributed by atoms with Crippen molar-refractivity contribution in [3.05, 3.63) is 35.8 Å². The number of amides is 2. The van der Waals surface area contributed by atoms with Gasteiger partial charge in [0.25, 0.3) is 5.91 Å². The molecule has 0 saturated carbocycles. The molecule has 2 amide bonds. The SMILES string of the molecule is CC(=O)N1CCN(C(=O)c2cc(Nc3ccc4c(c3)OCO4)nc(C)n2)CC1. The Kier molecular flexibility index (Phi) is 4.72.